The van der Waals surface area contributed by atoms with Gasteiger partial charge in [0.15, 0.2) is 0 Å². The molecule has 0 atom stereocenters. The SMILES string of the molecule is Cc1oc(CO)cc1S(=O)(=O)N(C)C. The van der Waals surface area contributed by atoms with E-state index >= 15 is 0 Å². The lowest BCUT2D eigenvalue weighted by Crippen LogP contribution is -2.22. The van der Waals surface area contributed by atoms with Crippen molar-refractivity contribution >= 4 is 10.0 Å². The van der Waals surface area contributed by atoms with Gasteiger partial charge in [0.25, 0.3) is 0 Å². The van der Waals surface area contributed by atoms with E-state index in [2.05, 4.69) is 0 Å². The first-order valence-corrected chi connectivity index (χ1v) is 5.46. The fourth-order valence-corrected chi connectivity index (χ4v) is 2.13. The van der Waals surface area contributed by atoms with Crippen LogP contribution in [0.1, 0.15) is 11.5 Å². The summed E-state index contributed by atoms with van der Waals surface area (Å²) in [5.41, 5.74) is 0. The molecule has 0 spiro atoms. The zero-order valence-electron chi connectivity index (χ0n) is 8.31. The standard InChI is InChI=1S/C8H13NO4S/c1-6-8(4-7(5-10)13-6)14(11,12)9(2)3/h4,10H,5H2,1-3H3. The number of hydrogen-bond donors (Lipinski definition) is 1. The average Bonchev–Trinajstić information content (AvgIpc) is 2.47. The van der Waals surface area contributed by atoms with Crippen molar-refractivity contribution in [3.63, 3.8) is 0 Å². The molecule has 1 aromatic rings. The summed E-state index contributed by atoms with van der Waals surface area (Å²) in [6, 6.07) is 1.34. The predicted molar refractivity (Wildman–Crippen MR) is 50.2 cm³/mol. The summed E-state index contributed by atoms with van der Waals surface area (Å²) in [5.74, 6) is 0.547. The summed E-state index contributed by atoms with van der Waals surface area (Å²) < 4.78 is 29.5. The monoisotopic (exact) mass is 219 g/mol. The normalized spacial score (nSPS) is 12.4. The van der Waals surface area contributed by atoms with Crippen molar-refractivity contribution in [2.45, 2.75) is 18.4 Å². The Balaban J connectivity index is 3.26. The van der Waals surface area contributed by atoms with Gasteiger partial charge >= 0.3 is 0 Å². The summed E-state index contributed by atoms with van der Waals surface area (Å²) in [5, 5.41) is 8.78. The van der Waals surface area contributed by atoms with Crippen molar-refractivity contribution in [3.05, 3.63) is 17.6 Å². The van der Waals surface area contributed by atoms with Crippen LogP contribution in [0.25, 0.3) is 0 Å². The van der Waals surface area contributed by atoms with Crippen molar-refractivity contribution in [3.8, 4) is 0 Å². The summed E-state index contributed by atoms with van der Waals surface area (Å²) in [6.07, 6.45) is 0. The second kappa shape index (κ2) is 3.72. The van der Waals surface area contributed by atoms with Gasteiger partial charge in [-0.25, -0.2) is 12.7 Å². The maximum absolute atomic E-state index is 11.7. The van der Waals surface area contributed by atoms with Crippen molar-refractivity contribution in [2.75, 3.05) is 14.1 Å². The van der Waals surface area contributed by atoms with E-state index in [9.17, 15) is 8.42 Å². The molecule has 14 heavy (non-hydrogen) atoms. The molecule has 0 bridgehead atoms. The zero-order valence-corrected chi connectivity index (χ0v) is 9.13. The number of furan rings is 1. The first-order valence-electron chi connectivity index (χ1n) is 4.02. The Bertz CT molecular complexity index is 419. The third-order valence-corrected chi connectivity index (χ3v) is 3.76. The lowest BCUT2D eigenvalue weighted by Gasteiger charge is -2.09. The largest absolute Gasteiger partial charge is 0.462 e. The van der Waals surface area contributed by atoms with Gasteiger partial charge in [-0.3, -0.25) is 0 Å². The van der Waals surface area contributed by atoms with Crippen molar-refractivity contribution in [2.24, 2.45) is 0 Å². The van der Waals surface area contributed by atoms with E-state index in [1.165, 1.54) is 20.2 Å². The average molecular weight is 219 g/mol. The number of aliphatic hydroxyl groups excluding tert-OH is 1. The van der Waals surface area contributed by atoms with Gasteiger partial charge in [0.1, 0.15) is 23.0 Å². The van der Waals surface area contributed by atoms with Crippen molar-refractivity contribution in [1.82, 2.24) is 4.31 Å². The van der Waals surface area contributed by atoms with E-state index < -0.39 is 10.0 Å². The second-order valence-corrected chi connectivity index (χ2v) is 5.20. The van der Waals surface area contributed by atoms with Crippen LogP contribution in [0.2, 0.25) is 0 Å². The highest BCUT2D eigenvalue weighted by Gasteiger charge is 2.23. The molecule has 0 amide bonds. The number of nitrogens with zero attached hydrogens (tertiary/aromatic N) is 1. The van der Waals surface area contributed by atoms with Gasteiger partial charge in [0, 0.05) is 20.2 Å². The number of aliphatic hydroxyl groups is 1. The Labute approximate surface area is 83.0 Å². The van der Waals surface area contributed by atoms with Crippen LogP contribution in [-0.2, 0) is 16.6 Å². The maximum Gasteiger partial charge on any atom is 0.246 e. The highest BCUT2D eigenvalue weighted by atomic mass is 32.2. The molecule has 5 nitrogen and oxygen atoms in total. The number of hydrogen-bond acceptors (Lipinski definition) is 4. The van der Waals surface area contributed by atoms with Gasteiger partial charge in [-0.1, -0.05) is 0 Å². The first kappa shape index (κ1) is 11.2. The highest BCUT2D eigenvalue weighted by Crippen LogP contribution is 2.21. The van der Waals surface area contributed by atoms with Crippen LogP contribution in [0.3, 0.4) is 0 Å². The third kappa shape index (κ3) is 1.82. The maximum atomic E-state index is 11.7. The predicted octanol–water partition coefficient (Wildman–Crippen LogP) is 0.331. The molecular weight excluding hydrogens is 206 g/mol. The molecule has 0 aromatic carbocycles. The quantitative estimate of drug-likeness (QED) is 0.795. The molecule has 1 rings (SSSR count). The highest BCUT2D eigenvalue weighted by molar-refractivity contribution is 7.89. The molecule has 0 aliphatic carbocycles. The zero-order chi connectivity index (χ0) is 10.9. The van der Waals surface area contributed by atoms with Gasteiger partial charge in [0.05, 0.1) is 0 Å². The lowest BCUT2D eigenvalue weighted by atomic mass is 10.4. The molecule has 0 saturated carbocycles. The fraction of sp³-hybridized carbons (Fsp3) is 0.500. The Morgan fingerprint density at radius 3 is 2.43 bits per heavy atom. The number of sulfonamides is 1. The summed E-state index contributed by atoms with van der Waals surface area (Å²) >= 11 is 0. The summed E-state index contributed by atoms with van der Waals surface area (Å²) in [7, 11) is -0.579. The minimum Gasteiger partial charge on any atom is -0.462 e. The minimum atomic E-state index is -3.47. The van der Waals surface area contributed by atoms with Crippen LogP contribution >= 0.6 is 0 Å². The molecule has 80 valence electrons. The van der Waals surface area contributed by atoms with Gasteiger partial charge in [-0.05, 0) is 6.92 Å². The fourth-order valence-electron chi connectivity index (χ4n) is 1.05. The third-order valence-electron chi connectivity index (χ3n) is 1.84. The van der Waals surface area contributed by atoms with Gasteiger partial charge in [-0.2, -0.15) is 0 Å². The number of aryl methyl sites for hydroxylation is 1. The van der Waals surface area contributed by atoms with Crippen LogP contribution in [0.4, 0.5) is 0 Å². The summed E-state index contributed by atoms with van der Waals surface area (Å²) in [4.78, 5) is 0.103. The van der Waals surface area contributed by atoms with Crippen LogP contribution in [0, 0.1) is 6.92 Å². The molecule has 0 unspecified atom stereocenters. The molecule has 0 fully saturated rings. The van der Waals surface area contributed by atoms with Crippen molar-refractivity contribution in [1.29, 1.82) is 0 Å². The Hall–Kier alpha value is -0.850. The topological polar surface area (TPSA) is 70.8 Å². The molecule has 0 aliphatic heterocycles. The van der Waals surface area contributed by atoms with Crippen LogP contribution in [-0.4, -0.2) is 31.9 Å². The van der Waals surface area contributed by atoms with Gasteiger partial charge < -0.3 is 9.52 Å². The van der Waals surface area contributed by atoms with Gasteiger partial charge in [0.2, 0.25) is 10.0 Å². The van der Waals surface area contributed by atoms with Crippen LogP contribution < -0.4 is 0 Å². The van der Waals surface area contributed by atoms with E-state index in [1.54, 1.807) is 6.92 Å². The molecule has 0 aliphatic rings. The second-order valence-electron chi connectivity index (χ2n) is 3.08. The smallest absolute Gasteiger partial charge is 0.246 e. The Kier molecular flexibility index (Phi) is 2.98. The van der Waals surface area contributed by atoms with Crippen LogP contribution in [0.15, 0.2) is 15.4 Å². The van der Waals surface area contributed by atoms with E-state index in [1.807, 2.05) is 0 Å². The Morgan fingerprint density at radius 2 is 2.07 bits per heavy atom. The number of rotatable bonds is 3. The molecular formula is C8H13NO4S. The minimum absolute atomic E-state index is 0.103. The Morgan fingerprint density at radius 1 is 1.50 bits per heavy atom. The van der Waals surface area contributed by atoms with E-state index in [0.717, 1.165) is 4.31 Å². The molecule has 0 radical (unpaired) electrons. The first-order chi connectivity index (χ1) is 6.39. The van der Waals surface area contributed by atoms with E-state index in [4.69, 9.17) is 9.52 Å². The van der Waals surface area contributed by atoms with Crippen molar-refractivity contribution < 1.29 is 17.9 Å². The van der Waals surface area contributed by atoms with Gasteiger partial charge in [-0.15, -0.1) is 0 Å². The summed E-state index contributed by atoms with van der Waals surface area (Å²) in [6.45, 7) is 1.25. The molecule has 1 N–H and O–H groups in total. The van der Waals surface area contributed by atoms with Crippen LogP contribution in [0.5, 0.6) is 0 Å². The molecule has 1 aromatic heterocycles. The van der Waals surface area contributed by atoms with E-state index in [0.29, 0.717) is 5.76 Å². The molecule has 6 heteroatoms. The lowest BCUT2D eigenvalue weighted by molar-refractivity contribution is 0.244. The van der Waals surface area contributed by atoms with E-state index in [-0.39, 0.29) is 17.3 Å². The molecule has 0 saturated heterocycles. The molecule has 1 heterocycles.